The number of anilines is 1. The summed E-state index contributed by atoms with van der Waals surface area (Å²) < 4.78 is 6.12. The lowest BCUT2D eigenvalue weighted by molar-refractivity contribution is 0.0378. The second-order valence-corrected chi connectivity index (χ2v) is 6.08. The number of aromatic nitrogens is 2. The minimum absolute atomic E-state index is 0.0784. The largest absolute Gasteiger partial charge is 0.394 e. The summed E-state index contributed by atoms with van der Waals surface area (Å²) in [6.45, 7) is 5.52. The lowest BCUT2D eigenvalue weighted by atomic mass is 9.91. The number of hydrogen-bond acceptors (Lipinski definition) is 5. The molecule has 1 aliphatic rings. The number of rotatable bonds is 4. The molecule has 1 aromatic heterocycles. The van der Waals surface area contributed by atoms with E-state index in [1.807, 2.05) is 6.07 Å². The molecule has 2 N–H and O–H groups in total. The van der Waals surface area contributed by atoms with E-state index in [9.17, 15) is 5.11 Å². The maximum absolute atomic E-state index is 9.68. The minimum atomic E-state index is -0.333. The normalized spacial score (nSPS) is 18.6. The van der Waals surface area contributed by atoms with Crippen LogP contribution in [0.3, 0.4) is 0 Å². The van der Waals surface area contributed by atoms with E-state index in [1.165, 1.54) is 0 Å². The Bertz CT molecular complexity index is 434. The number of ether oxygens (including phenoxy) is 1. The van der Waals surface area contributed by atoms with Crippen LogP contribution in [0.5, 0.6) is 0 Å². The van der Waals surface area contributed by atoms with Crippen molar-refractivity contribution in [3.8, 4) is 0 Å². The van der Waals surface area contributed by atoms with Gasteiger partial charge in [-0.2, -0.15) is 0 Å². The molecule has 6 heteroatoms. The van der Waals surface area contributed by atoms with Crippen LogP contribution < -0.4 is 5.32 Å². The molecule has 0 aromatic carbocycles. The molecule has 0 amide bonds. The molecule has 106 valence electrons. The van der Waals surface area contributed by atoms with Crippen LogP contribution >= 0.6 is 15.9 Å². The number of halogens is 1. The monoisotopic (exact) mass is 329 g/mol. The molecule has 5 nitrogen and oxygen atoms in total. The van der Waals surface area contributed by atoms with Crippen LogP contribution in [0.4, 0.5) is 5.82 Å². The van der Waals surface area contributed by atoms with Gasteiger partial charge >= 0.3 is 0 Å². The second kappa shape index (κ2) is 6.15. The van der Waals surface area contributed by atoms with Crippen molar-refractivity contribution in [3.05, 3.63) is 16.5 Å². The van der Waals surface area contributed by atoms with Crippen LogP contribution in [-0.2, 0) is 4.74 Å². The SMILES string of the molecule is CC(C)c1nc(Br)cc(NC2(CO)CCOCC2)n1. The standard InChI is InChI=1S/C13H20BrN3O2/c1-9(2)12-15-10(14)7-11(16-12)17-13(8-18)3-5-19-6-4-13/h7,9,18H,3-6,8H2,1-2H3,(H,15,16,17). The van der Waals surface area contributed by atoms with E-state index in [4.69, 9.17) is 4.74 Å². The van der Waals surface area contributed by atoms with Crippen LogP contribution in [0, 0.1) is 0 Å². The first kappa shape index (κ1) is 14.7. The molecule has 0 atom stereocenters. The van der Waals surface area contributed by atoms with Gasteiger partial charge in [-0.3, -0.25) is 0 Å². The molecule has 0 bridgehead atoms. The molecular formula is C13H20BrN3O2. The Morgan fingerprint density at radius 1 is 1.42 bits per heavy atom. The molecule has 1 fully saturated rings. The summed E-state index contributed by atoms with van der Waals surface area (Å²) in [6, 6.07) is 1.85. The third kappa shape index (κ3) is 3.64. The Labute approximate surface area is 121 Å². The first-order valence-electron chi connectivity index (χ1n) is 6.56. The Morgan fingerprint density at radius 3 is 2.68 bits per heavy atom. The number of nitrogens with zero attached hydrogens (tertiary/aromatic N) is 2. The predicted octanol–water partition coefficient (Wildman–Crippen LogP) is 2.32. The number of nitrogens with one attached hydrogen (secondary N) is 1. The van der Waals surface area contributed by atoms with Gasteiger partial charge in [0.05, 0.1) is 12.1 Å². The van der Waals surface area contributed by atoms with Crippen LogP contribution in [0.25, 0.3) is 0 Å². The molecule has 1 aliphatic heterocycles. The lowest BCUT2D eigenvalue weighted by Gasteiger charge is -2.36. The molecule has 2 heterocycles. The van der Waals surface area contributed by atoms with Gasteiger partial charge in [-0.1, -0.05) is 13.8 Å². The lowest BCUT2D eigenvalue weighted by Crippen LogP contribution is -2.47. The van der Waals surface area contributed by atoms with Gasteiger partial charge in [-0.05, 0) is 28.8 Å². The molecule has 0 saturated carbocycles. The van der Waals surface area contributed by atoms with Crippen molar-refractivity contribution in [1.29, 1.82) is 0 Å². The summed E-state index contributed by atoms with van der Waals surface area (Å²) in [5, 5.41) is 13.0. The zero-order valence-corrected chi connectivity index (χ0v) is 12.9. The van der Waals surface area contributed by atoms with Gasteiger partial charge in [0.2, 0.25) is 0 Å². The summed E-state index contributed by atoms with van der Waals surface area (Å²) in [4.78, 5) is 8.87. The number of aliphatic hydroxyl groups excluding tert-OH is 1. The number of aliphatic hydroxyl groups is 1. The molecule has 1 saturated heterocycles. The van der Waals surface area contributed by atoms with Crippen molar-refractivity contribution in [2.24, 2.45) is 0 Å². The van der Waals surface area contributed by atoms with Crippen molar-refractivity contribution in [1.82, 2.24) is 9.97 Å². The van der Waals surface area contributed by atoms with E-state index in [1.54, 1.807) is 0 Å². The smallest absolute Gasteiger partial charge is 0.134 e. The Morgan fingerprint density at radius 2 is 2.11 bits per heavy atom. The van der Waals surface area contributed by atoms with Crippen molar-refractivity contribution in [2.45, 2.75) is 38.1 Å². The molecule has 0 radical (unpaired) electrons. The van der Waals surface area contributed by atoms with E-state index in [-0.39, 0.29) is 18.1 Å². The Kier molecular flexibility index (Phi) is 4.76. The van der Waals surface area contributed by atoms with Gasteiger partial charge < -0.3 is 15.2 Å². The van der Waals surface area contributed by atoms with Crippen molar-refractivity contribution in [2.75, 3.05) is 25.1 Å². The molecule has 0 spiro atoms. The third-order valence-corrected chi connectivity index (χ3v) is 3.78. The highest BCUT2D eigenvalue weighted by Crippen LogP contribution is 2.26. The van der Waals surface area contributed by atoms with Crippen molar-refractivity contribution >= 4 is 21.7 Å². The summed E-state index contributed by atoms with van der Waals surface area (Å²) in [5.41, 5.74) is -0.333. The van der Waals surface area contributed by atoms with Gasteiger partial charge in [-0.25, -0.2) is 9.97 Å². The maximum Gasteiger partial charge on any atom is 0.134 e. The van der Waals surface area contributed by atoms with Crippen molar-refractivity contribution < 1.29 is 9.84 Å². The van der Waals surface area contributed by atoms with Crippen molar-refractivity contribution in [3.63, 3.8) is 0 Å². The van der Waals surface area contributed by atoms with Gasteiger partial charge in [0, 0.05) is 25.2 Å². The summed E-state index contributed by atoms with van der Waals surface area (Å²) in [6.07, 6.45) is 1.56. The van der Waals surface area contributed by atoms with E-state index < -0.39 is 0 Å². The fourth-order valence-electron chi connectivity index (χ4n) is 2.11. The molecule has 0 aliphatic carbocycles. The first-order chi connectivity index (χ1) is 9.04. The average molecular weight is 330 g/mol. The highest BCUT2D eigenvalue weighted by atomic mass is 79.9. The maximum atomic E-state index is 9.68. The van der Waals surface area contributed by atoms with Crippen LogP contribution in [-0.4, -0.2) is 40.4 Å². The first-order valence-corrected chi connectivity index (χ1v) is 7.35. The molecule has 19 heavy (non-hydrogen) atoms. The van der Waals surface area contributed by atoms with E-state index >= 15 is 0 Å². The van der Waals surface area contributed by atoms with E-state index in [0.29, 0.717) is 13.2 Å². The predicted molar refractivity (Wildman–Crippen MR) is 77.3 cm³/mol. The third-order valence-electron chi connectivity index (χ3n) is 3.37. The van der Waals surface area contributed by atoms with E-state index in [2.05, 4.69) is 45.1 Å². The highest BCUT2D eigenvalue weighted by molar-refractivity contribution is 9.10. The van der Waals surface area contributed by atoms with Gasteiger partial charge in [0.1, 0.15) is 16.2 Å². The van der Waals surface area contributed by atoms with Gasteiger partial charge in [-0.15, -0.1) is 0 Å². The van der Waals surface area contributed by atoms with Gasteiger partial charge in [0.15, 0.2) is 0 Å². The fourth-order valence-corrected chi connectivity index (χ4v) is 2.51. The molecule has 2 rings (SSSR count). The van der Waals surface area contributed by atoms with Crippen LogP contribution in [0.2, 0.25) is 0 Å². The molecule has 0 unspecified atom stereocenters. The summed E-state index contributed by atoms with van der Waals surface area (Å²) >= 11 is 3.41. The summed E-state index contributed by atoms with van der Waals surface area (Å²) in [7, 11) is 0. The zero-order valence-electron chi connectivity index (χ0n) is 11.3. The summed E-state index contributed by atoms with van der Waals surface area (Å²) in [5.74, 6) is 1.80. The fraction of sp³-hybridized carbons (Fsp3) is 0.692. The average Bonchev–Trinajstić information content (AvgIpc) is 2.39. The van der Waals surface area contributed by atoms with Crippen LogP contribution in [0.1, 0.15) is 38.4 Å². The topological polar surface area (TPSA) is 67.3 Å². The molecule has 1 aromatic rings. The zero-order chi connectivity index (χ0) is 13.9. The van der Waals surface area contributed by atoms with Crippen LogP contribution in [0.15, 0.2) is 10.7 Å². The quantitative estimate of drug-likeness (QED) is 0.830. The minimum Gasteiger partial charge on any atom is -0.394 e. The van der Waals surface area contributed by atoms with Gasteiger partial charge in [0.25, 0.3) is 0 Å². The molecular weight excluding hydrogens is 310 g/mol. The highest BCUT2D eigenvalue weighted by Gasteiger charge is 2.32. The van der Waals surface area contributed by atoms with E-state index in [0.717, 1.165) is 29.1 Å². The number of hydrogen-bond donors (Lipinski definition) is 2. The second-order valence-electron chi connectivity index (χ2n) is 5.26. The Balaban J connectivity index is 2.21. The Hall–Kier alpha value is -0.720.